The van der Waals surface area contributed by atoms with Crippen LogP contribution in [0.1, 0.15) is 15.9 Å². The summed E-state index contributed by atoms with van der Waals surface area (Å²) in [4.78, 5) is 35.0. The first-order valence-electron chi connectivity index (χ1n) is 7.61. The molecule has 0 aliphatic rings. The molecule has 0 fully saturated rings. The first kappa shape index (κ1) is 19.0. The van der Waals surface area contributed by atoms with Crippen LogP contribution in [0.4, 0.5) is 14.5 Å². The van der Waals surface area contributed by atoms with Crippen molar-refractivity contribution in [2.75, 3.05) is 18.5 Å². The van der Waals surface area contributed by atoms with Gasteiger partial charge in [0.15, 0.2) is 6.61 Å². The molecule has 2 amide bonds. The summed E-state index contributed by atoms with van der Waals surface area (Å²) >= 11 is 0. The van der Waals surface area contributed by atoms with Gasteiger partial charge in [0, 0.05) is 5.69 Å². The molecule has 26 heavy (non-hydrogen) atoms. The van der Waals surface area contributed by atoms with Gasteiger partial charge in [-0.15, -0.1) is 0 Å². The average Bonchev–Trinajstić information content (AvgIpc) is 2.61. The molecule has 6 nitrogen and oxygen atoms in total. The SMILES string of the molecule is Cc1ccc(NC(=O)COC(=O)CNC(=O)c2ccccc2F)cc1F. The van der Waals surface area contributed by atoms with Crippen molar-refractivity contribution in [3.05, 3.63) is 65.2 Å². The fourth-order valence-electron chi connectivity index (χ4n) is 1.96. The van der Waals surface area contributed by atoms with Crippen LogP contribution in [0.25, 0.3) is 0 Å². The van der Waals surface area contributed by atoms with E-state index in [1.165, 1.54) is 30.3 Å². The summed E-state index contributed by atoms with van der Waals surface area (Å²) in [7, 11) is 0. The van der Waals surface area contributed by atoms with Crippen LogP contribution in [0.5, 0.6) is 0 Å². The molecule has 2 aromatic carbocycles. The number of nitrogens with one attached hydrogen (secondary N) is 2. The Morgan fingerprint density at radius 3 is 2.46 bits per heavy atom. The number of carbonyl (C=O) groups is 3. The van der Waals surface area contributed by atoms with Crippen LogP contribution < -0.4 is 10.6 Å². The van der Waals surface area contributed by atoms with Crippen molar-refractivity contribution in [1.82, 2.24) is 5.32 Å². The number of carbonyl (C=O) groups excluding carboxylic acids is 3. The Kier molecular flexibility index (Phi) is 6.37. The van der Waals surface area contributed by atoms with Crippen LogP contribution >= 0.6 is 0 Å². The zero-order valence-electron chi connectivity index (χ0n) is 13.8. The van der Waals surface area contributed by atoms with Gasteiger partial charge in [0.1, 0.15) is 18.2 Å². The van der Waals surface area contributed by atoms with Crippen molar-refractivity contribution in [1.29, 1.82) is 0 Å². The molecule has 0 aromatic heterocycles. The molecule has 0 aliphatic heterocycles. The Morgan fingerprint density at radius 2 is 1.77 bits per heavy atom. The van der Waals surface area contributed by atoms with Gasteiger partial charge in [-0.05, 0) is 36.8 Å². The molecule has 0 radical (unpaired) electrons. The van der Waals surface area contributed by atoms with E-state index in [1.807, 2.05) is 0 Å². The second kappa shape index (κ2) is 8.70. The van der Waals surface area contributed by atoms with Crippen molar-refractivity contribution in [3.63, 3.8) is 0 Å². The van der Waals surface area contributed by atoms with E-state index in [1.54, 1.807) is 6.92 Å². The van der Waals surface area contributed by atoms with Gasteiger partial charge in [0.2, 0.25) is 0 Å². The molecule has 0 aliphatic carbocycles. The molecule has 0 atom stereocenters. The quantitative estimate of drug-likeness (QED) is 0.772. The van der Waals surface area contributed by atoms with Gasteiger partial charge in [0.05, 0.1) is 5.56 Å². The van der Waals surface area contributed by atoms with E-state index in [-0.39, 0.29) is 11.3 Å². The lowest BCUT2D eigenvalue weighted by Crippen LogP contribution is -2.32. The van der Waals surface area contributed by atoms with Gasteiger partial charge in [0.25, 0.3) is 11.8 Å². The van der Waals surface area contributed by atoms with Crippen LogP contribution in [0, 0.1) is 18.6 Å². The molecule has 0 heterocycles. The molecule has 0 bridgehead atoms. The lowest BCUT2D eigenvalue weighted by Gasteiger charge is -2.08. The third-order valence-electron chi connectivity index (χ3n) is 3.33. The number of ether oxygens (including phenoxy) is 1. The third-order valence-corrected chi connectivity index (χ3v) is 3.33. The normalized spacial score (nSPS) is 10.1. The summed E-state index contributed by atoms with van der Waals surface area (Å²) in [5.74, 6) is -3.51. The molecule has 0 spiro atoms. The summed E-state index contributed by atoms with van der Waals surface area (Å²) in [5.41, 5.74) is 0.446. The zero-order valence-corrected chi connectivity index (χ0v) is 13.8. The van der Waals surface area contributed by atoms with Gasteiger partial charge in [-0.3, -0.25) is 14.4 Å². The zero-order chi connectivity index (χ0) is 19.1. The molecular weight excluding hydrogens is 346 g/mol. The van der Waals surface area contributed by atoms with Gasteiger partial charge in [-0.25, -0.2) is 8.78 Å². The lowest BCUT2D eigenvalue weighted by molar-refractivity contribution is -0.146. The number of rotatable bonds is 6. The number of amides is 2. The molecule has 0 unspecified atom stereocenters. The number of aryl methyl sites for hydroxylation is 1. The van der Waals surface area contributed by atoms with Crippen molar-refractivity contribution < 1.29 is 27.9 Å². The maximum absolute atomic E-state index is 13.4. The number of esters is 1. The van der Waals surface area contributed by atoms with Crippen molar-refractivity contribution in [2.24, 2.45) is 0 Å². The minimum absolute atomic E-state index is 0.209. The lowest BCUT2D eigenvalue weighted by atomic mass is 10.2. The summed E-state index contributed by atoms with van der Waals surface area (Å²) in [6, 6.07) is 9.44. The average molecular weight is 362 g/mol. The molecule has 2 rings (SSSR count). The Bertz CT molecular complexity index is 840. The number of anilines is 1. The first-order chi connectivity index (χ1) is 12.4. The maximum atomic E-state index is 13.4. The van der Waals surface area contributed by atoms with Crippen molar-refractivity contribution in [2.45, 2.75) is 6.92 Å². The second-order valence-electron chi connectivity index (χ2n) is 5.34. The number of hydrogen-bond acceptors (Lipinski definition) is 4. The highest BCUT2D eigenvalue weighted by Crippen LogP contribution is 2.13. The Hall–Kier alpha value is -3.29. The predicted molar refractivity (Wildman–Crippen MR) is 89.5 cm³/mol. The summed E-state index contributed by atoms with van der Waals surface area (Å²) in [5, 5.41) is 4.56. The minimum Gasteiger partial charge on any atom is -0.454 e. The van der Waals surface area contributed by atoms with Crippen LogP contribution in [-0.4, -0.2) is 30.9 Å². The van der Waals surface area contributed by atoms with Gasteiger partial charge < -0.3 is 15.4 Å². The molecule has 2 N–H and O–H groups in total. The van der Waals surface area contributed by atoms with Crippen molar-refractivity contribution >= 4 is 23.5 Å². The monoisotopic (exact) mass is 362 g/mol. The second-order valence-corrected chi connectivity index (χ2v) is 5.34. The topological polar surface area (TPSA) is 84.5 Å². The molecule has 2 aromatic rings. The highest BCUT2D eigenvalue weighted by molar-refractivity contribution is 5.96. The van der Waals surface area contributed by atoms with Crippen molar-refractivity contribution in [3.8, 4) is 0 Å². The molecule has 136 valence electrons. The van der Waals surface area contributed by atoms with Gasteiger partial charge >= 0.3 is 5.97 Å². The summed E-state index contributed by atoms with van der Waals surface area (Å²) in [6.45, 7) is 0.446. The van der Waals surface area contributed by atoms with E-state index in [2.05, 4.69) is 10.6 Å². The number of halogens is 2. The highest BCUT2D eigenvalue weighted by atomic mass is 19.1. The van der Waals surface area contributed by atoms with Crippen LogP contribution in [0.3, 0.4) is 0 Å². The summed E-state index contributed by atoms with van der Waals surface area (Å²) in [6.07, 6.45) is 0. The largest absolute Gasteiger partial charge is 0.454 e. The number of hydrogen-bond donors (Lipinski definition) is 2. The smallest absolute Gasteiger partial charge is 0.325 e. The Morgan fingerprint density at radius 1 is 1.04 bits per heavy atom. The van der Waals surface area contributed by atoms with Gasteiger partial charge in [-0.2, -0.15) is 0 Å². The Balaban J connectivity index is 1.76. The number of benzene rings is 2. The molecule has 8 heteroatoms. The molecule has 0 saturated heterocycles. The third kappa shape index (κ3) is 5.37. The Labute approximate surface area is 148 Å². The highest BCUT2D eigenvalue weighted by Gasteiger charge is 2.13. The van der Waals surface area contributed by atoms with Crippen LogP contribution in [-0.2, 0) is 14.3 Å². The fraction of sp³-hybridized carbons (Fsp3) is 0.167. The van der Waals surface area contributed by atoms with E-state index in [9.17, 15) is 23.2 Å². The fourth-order valence-corrected chi connectivity index (χ4v) is 1.96. The first-order valence-corrected chi connectivity index (χ1v) is 7.61. The van der Waals surface area contributed by atoms with E-state index in [0.717, 1.165) is 12.1 Å². The summed E-state index contributed by atoms with van der Waals surface area (Å²) < 4.78 is 31.5. The van der Waals surface area contributed by atoms with Crippen LogP contribution in [0.15, 0.2) is 42.5 Å². The molecule has 0 saturated carbocycles. The van der Waals surface area contributed by atoms with E-state index < -0.39 is 42.6 Å². The standard InChI is InChI=1S/C18H16F2N2O4/c1-11-6-7-12(8-15(11)20)22-16(23)10-26-17(24)9-21-18(25)13-4-2-3-5-14(13)19/h2-8H,9-10H2,1H3,(H,21,25)(H,22,23). The van der Waals surface area contributed by atoms with Crippen LogP contribution in [0.2, 0.25) is 0 Å². The minimum atomic E-state index is -0.875. The maximum Gasteiger partial charge on any atom is 0.325 e. The van der Waals surface area contributed by atoms with E-state index in [0.29, 0.717) is 5.56 Å². The predicted octanol–water partition coefficient (Wildman–Crippen LogP) is 2.18. The van der Waals surface area contributed by atoms with E-state index in [4.69, 9.17) is 4.74 Å². The van der Waals surface area contributed by atoms with Gasteiger partial charge in [-0.1, -0.05) is 18.2 Å². The van der Waals surface area contributed by atoms with E-state index >= 15 is 0 Å². The molecular formula is C18H16F2N2O4.